The van der Waals surface area contributed by atoms with Gasteiger partial charge in [0.25, 0.3) is 5.88 Å². The number of carbonyl (C=O) groups is 1. The number of aromatic nitrogens is 4. The van der Waals surface area contributed by atoms with Gasteiger partial charge in [-0.05, 0) is 24.1 Å². The zero-order valence-electron chi connectivity index (χ0n) is 11.0. The molecular formula is C14H8N4O3S. The quantitative estimate of drug-likeness (QED) is 0.719. The largest absolute Gasteiger partial charge is 0.476 e. The summed E-state index contributed by atoms with van der Waals surface area (Å²) in [6, 6.07) is 6.94. The van der Waals surface area contributed by atoms with Crippen LogP contribution >= 0.6 is 11.3 Å². The van der Waals surface area contributed by atoms with Gasteiger partial charge < -0.3 is 9.84 Å². The molecule has 0 aliphatic rings. The Morgan fingerprint density at radius 2 is 2.27 bits per heavy atom. The van der Waals surface area contributed by atoms with E-state index in [4.69, 9.17) is 9.84 Å². The Morgan fingerprint density at radius 1 is 1.36 bits per heavy atom. The van der Waals surface area contributed by atoms with Crippen molar-refractivity contribution in [3.8, 4) is 23.5 Å². The van der Waals surface area contributed by atoms with Gasteiger partial charge in [0.1, 0.15) is 5.75 Å². The second-order valence-corrected chi connectivity index (χ2v) is 4.91. The van der Waals surface area contributed by atoms with E-state index in [1.54, 1.807) is 24.4 Å². The van der Waals surface area contributed by atoms with Crippen molar-refractivity contribution in [2.75, 3.05) is 0 Å². The SMILES string of the molecule is O=C(O)c1nn[nH]c1Oc1cccc(C#Cc2nccs2)c1. The van der Waals surface area contributed by atoms with E-state index in [0.717, 1.165) is 10.6 Å². The molecule has 0 aliphatic heterocycles. The van der Waals surface area contributed by atoms with Gasteiger partial charge in [-0.1, -0.05) is 17.2 Å². The molecule has 0 amide bonds. The number of thiazole rings is 1. The number of nitrogens with one attached hydrogen (secondary N) is 1. The van der Waals surface area contributed by atoms with Crippen molar-refractivity contribution >= 4 is 17.3 Å². The Bertz CT molecular complexity index is 862. The zero-order chi connectivity index (χ0) is 15.4. The van der Waals surface area contributed by atoms with Crippen LogP contribution in [0.4, 0.5) is 0 Å². The average Bonchev–Trinajstić information content (AvgIpc) is 3.16. The van der Waals surface area contributed by atoms with Gasteiger partial charge in [-0.25, -0.2) is 14.9 Å². The van der Waals surface area contributed by atoms with Crippen molar-refractivity contribution in [3.05, 3.63) is 52.1 Å². The molecule has 0 saturated heterocycles. The van der Waals surface area contributed by atoms with Gasteiger partial charge in [0.15, 0.2) is 5.01 Å². The van der Waals surface area contributed by atoms with Crippen LogP contribution in [0.25, 0.3) is 0 Å². The van der Waals surface area contributed by atoms with E-state index in [9.17, 15) is 4.79 Å². The Morgan fingerprint density at radius 3 is 3.05 bits per heavy atom. The Kier molecular flexibility index (Phi) is 3.80. The van der Waals surface area contributed by atoms with E-state index in [1.165, 1.54) is 11.3 Å². The third kappa shape index (κ3) is 3.11. The third-order valence-corrected chi connectivity index (χ3v) is 3.21. The summed E-state index contributed by atoms with van der Waals surface area (Å²) in [5.74, 6) is 5.08. The van der Waals surface area contributed by atoms with E-state index < -0.39 is 5.97 Å². The van der Waals surface area contributed by atoms with Crippen LogP contribution in [0, 0.1) is 11.8 Å². The highest BCUT2D eigenvalue weighted by Crippen LogP contribution is 2.22. The first-order chi connectivity index (χ1) is 10.7. The zero-order valence-corrected chi connectivity index (χ0v) is 11.8. The first kappa shape index (κ1) is 13.8. The van der Waals surface area contributed by atoms with Crippen molar-refractivity contribution in [1.82, 2.24) is 20.4 Å². The summed E-state index contributed by atoms with van der Waals surface area (Å²) in [6.45, 7) is 0. The maximum atomic E-state index is 10.9. The van der Waals surface area contributed by atoms with Crippen LogP contribution < -0.4 is 4.74 Å². The molecule has 1 aromatic carbocycles. The summed E-state index contributed by atoms with van der Waals surface area (Å²) in [5.41, 5.74) is 0.441. The fourth-order valence-corrected chi connectivity index (χ4v) is 2.08. The highest BCUT2D eigenvalue weighted by molar-refractivity contribution is 7.10. The number of aromatic amines is 1. The van der Waals surface area contributed by atoms with E-state index >= 15 is 0 Å². The highest BCUT2D eigenvalue weighted by atomic mass is 32.1. The molecule has 0 spiro atoms. The van der Waals surface area contributed by atoms with Crippen LogP contribution in [0.1, 0.15) is 21.1 Å². The molecule has 0 unspecified atom stereocenters. The van der Waals surface area contributed by atoms with Gasteiger partial charge in [-0.15, -0.1) is 16.4 Å². The first-order valence-corrected chi connectivity index (χ1v) is 6.94. The summed E-state index contributed by atoms with van der Waals surface area (Å²) in [4.78, 5) is 15.0. The van der Waals surface area contributed by atoms with Gasteiger partial charge in [0, 0.05) is 17.1 Å². The predicted octanol–water partition coefficient (Wildman–Crippen LogP) is 2.15. The molecule has 8 heteroatoms. The fraction of sp³-hybridized carbons (Fsp3) is 0. The molecule has 7 nitrogen and oxygen atoms in total. The number of nitrogens with zero attached hydrogens (tertiary/aromatic N) is 3. The van der Waals surface area contributed by atoms with Crippen molar-refractivity contribution in [2.45, 2.75) is 0 Å². The molecule has 108 valence electrons. The average molecular weight is 312 g/mol. The lowest BCUT2D eigenvalue weighted by atomic mass is 10.2. The normalized spacial score (nSPS) is 9.82. The van der Waals surface area contributed by atoms with Crippen LogP contribution in [-0.4, -0.2) is 31.5 Å². The summed E-state index contributed by atoms with van der Waals surface area (Å²) in [5, 5.41) is 20.8. The molecule has 2 heterocycles. The molecule has 2 N–H and O–H groups in total. The van der Waals surface area contributed by atoms with Crippen molar-refractivity contribution in [2.24, 2.45) is 0 Å². The molecule has 0 atom stereocenters. The van der Waals surface area contributed by atoms with E-state index in [2.05, 4.69) is 32.2 Å². The van der Waals surface area contributed by atoms with Crippen LogP contribution in [0.3, 0.4) is 0 Å². The molecular weight excluding hydrogens is 304 g/mol. The third-order valence-electron chi connectivity index (χ3n) is 2.52. The Balaban J connectivity index is 1.82. The molecule has 0 bridgehead atoms. The number of H-pyrrole nitrogens is 1. The Labute approximate surface area is 128 Å². The number of carboxylic acid groups (broad SMARTS) is 1. The molecule has 3 rings (SSSR count). The fourth-order valence-electron chi connectivity index (χ4n) is 1.60. The molecule has 0 aliphatic carbocycles. The van der Waals surface area contributed by atoms with E-state index in [-0.39, 0.29) is 11.6 Å². The second-order valence-electron chi connectivity index (χ2n) is 4.01. The molecule has 0 fully saturated rings. The summed E-state index contributed by atoms with van der Waals surface area (Å²) in [7, 11) is 0. The van der Waals surface area contributed by atoms with Gasteiger partial charge in [0.2, 0.25) is 5.69 Å². The van der Waals surface area contributed by atoms with Gasteiger partial charge in [-0.3, -0.25) is 0 Å². The lowest BCUT2D eigenvalue weighted by Gasteiger charge is -2.03. The number of hydrogen-bond donors (Lipinski definition) is 2. The molecule has 0 saturated carbocycles. The first-order valence-electron chi connectivity index (χ1n) is 6.06. The van der Waals surface area contributed by atoms with Crippen LogP contribution in [0.2, 0.25) is 0 Å². The number of rotatable bonds is 3. The lowest BCUT2D eigenvalue weighted by molar-refractivity contribution is 0.0687. The topological polar surface area (TPSA) is 101 Å². The number of hydrogen-bond acceptors (Lipinski definition) is 6. The minimum atomic E-state index is -1.22. The van der Waals surface area contributed by atoms with Crippen molar-refractivity contribution < 1.29 is 14.6 Å². The molecule has 0 radical (unpaired) electrons. The summed E-state index contributed by atoms with van der Waals surface area (Å²) in [6.07, 6.45) is 1.69. The Hall–Kier alpha value is -3.18. The minimum absolute atomic E-state index is 0.0301. The molecule has 2 aromatic heterocycles. The molecule has 3 aromatic rings. The lowest BCUT2D eigenvalue weighted by Crippen LogP contribution is -1.99. The number of aromatic carboxylic acids is 1. The van der Waals surface area contributed by atoms with Crippen LogP contribution in [0.5, 0.6) is 11.6 Å². The van der Waals surface area contributed by atoms with E-state index in [0.29, 0.717) is 5.75 Å². The van der Waals surface area contributed by atoms with Gasteiger partial charge in [-0.2, -0.15) is 0 Å². The van der Waals surface area contributed by atoms with E-state index in [1.807, 2.05) is 11.4 Å². The maximum Gasteiger partial charge on any atom is 0.362 e. The number of benzene rings is 1. The van der Waals surface area contributed by atoms with Crippen LogP contribution in [0.15, 0.2) is 35.8 Å². The minimum Gasteiger partial charge on any atom is -0.476 e. The smallest absolute Gasteiger partial charge is 0.362 e. The summed E-state index contributed by atoms with van der Waals surface area (Å²) >= 11 is 1.45. The summed E-state index contributed by atoms with van der Waals surface area (Å²) < 4.78 is 5.45. The predicted molar refractivity (Wildman–Crippen MR) is 78.0 cm³/mol. The number of carboxylic acids is 1. The van der Waals surface area contributed by atoms with Crippen molar-refractivity contribution in [3.63, 3.8) is 0 Å². The molecule has 22 heavy (non-hydrogen) atoms. The van der Waals surface area contributed by atoms with Crippen LogP contribution in [-0.2, 0) is 0 Å². The van der Waals surface area contributed by atoms with Crippen molar-refractivity contribution in [1.29, 1.82) is 0 Å². The van der Waals surface area contributed by atoms with Gasteiger partial charge in [0.05, 0.1) is 0 Å². The maximum absolute atomic E-state index is 10.9. The second kappa shape index (κ2) is 6.07. The number of ether oxygens (including phenoxy) is 1. The standard InChI is InChI=1S/C14H8N4O3S/c19-14(20)12-13(17-18-16-12)21-10-3-1-2-9(8-10)4-5-11-15-6-7-22-11/h1-3,6-8H,(H,19,20)(H,16,17,18). The van der Waals surface area contributed by atoms with Gasteiger partial charge >= 0.3 is 5.97 Å². The highest BCUT2D eigenvalue weighted by Gasteiger charge is 2.16. The monoisotopic (exact) mass is 312 g/mol.